The van der Waals surface area contributed by atoms with Crippen molar-refractivity contribution in [3.8, 4) is 5.69 Å². The van der Waals surface area contributed by atoms with Crippen molar-refractivity contribution in [2.24, 2.45) is 0 Å². The van der Waals surface area contributed by atoms with Crippen molar-refractivity contribution < 1.29 is 4.79 Å². The van der Waals surface area contributed by atoms with Gasteiger partial charge in [0, 0.05) is 17.5 Å². The van der Waals surface area contributed by atoms with Crippen LogP contribution in [0.15, 0.2) is 54.9 Å². The van der Waals surface area contributed by atoms with Crippen molar-refractivity contribution in [1.82, 2.24) is 9.78 Å². The predicted octanol–water partition coefficient (Wildman–Crippen LogP) is 4.01. The van der Waals surface area contributed by atoms with Gasteiger partial charge in [-0.25, -0.2) is 4.68 Å². The molecule has 0 saturated carbocycles. The molecular weight excluding hydrogens is 292 g/mol. The third-order valence-electron chi connectivity index (χ3n) is 2.89. The highest BCUT2D eigenvalue weighted by Gasteiger charge is 2.11. The second-order valence-electron chi connectivity index (χ2n) is 4.31. The molecule has 0 saturated heterocycles. The highest BCUT2D eigenvalue weighted by Crippen LogP contribution is 2.22. The van der Waals surface area contributed by atoms with Gasteiger partial charge in [-0.3, -0.25) is 4.79 Å². The number of carbonyl (C=O) groups excluding carboxylic acids is 1. The molecule has 0 bridgehead atoms. The fourth-order valence-corrected chi connectivity index (χ4v) is 2.98. The molecule has 0 aliphatic carbocycles. The van der Waals surface area contributed by atoms with E-state index in [0.29, 0.717) is 16.3 Å². The quantitative estimate of drug-likeness (QED) is 0.682. The highest BCUT2D eigenvalue weighted by molar-refractivity contribution is 7.16. The monoisotopic (exact) mass is 302 g/mol. The fourth-order valence-electron chi connectivity index (χ4n) is 1.90. The van der Waals surface area contributed by atoms with E-state index in [9.17, 15) is 4.79 Å². The van der Waals surface area contributed by atoms with Gasteiger partial charge in [0.2, 0.25) is 0 Å². The van der Waals surface area contributed by atoms with E-state index >= 15 is 0 Å². The number of aromatic nitrogens is 2. The van der Waals surface area contributed by atoms with E-state index in [0.717, 1.165) is 10.6 Å². The molecule has 0 aliphatic heterocycles. The fraction of sp³-hybridized carbons (Fsp3) is 0.0667. The predicted molar refractivity (Wildman–Crippen MR) is 80.9 cm³/mol. The Hall–Kier alpha value is -1.91. The number of thiophene rings is 1. The molecule has 3 aromatic rings. The minimum absolute atomic E-state index is 0.0469. The lowest BCUT2D eigenvalue weighted by Crippen LogP contribution is -2.01. The van der Waals surface area contributed by atoms with Gasteiger partial charge in [0.1, 0.15) is 0 Å². The van der Waals surface area contributed by atoms with Crippen LogP contribution in [0, 0.1) is 0 Å². The van der Waals surface area contributed by atoms with Gasteiger partial charge in [0.25, 0.3) is 0 Å². The smallest absolute Gasteiger partial charge is 0.171 e. The van der Waals surface area contributed by atoms with E-state index in [1.165, 1.54) is 11.3 Å². The van der Waals surface area contributed by atoms with Crippen molar-refractivity contribution in [2.75, 3.05) is 0 Å². The first-order chi connectivity index (χ1) is 9.72. The molecular formula is C15H11ClN2OS. The maximum atomic E-state index is 12.2. The van der Waals surface area contributed by atoms with E-state index in [-0.39, 0.29) is 5.78 Å². The number of para-hydroxylation sites is 1. The average molecular weight is 303 g/mol. The van der Waals surface area contributed by atoms with Gasteiger partial charge in [-0.1, -0.05) is 29.8 Å². The molecule has 0 amide bonds. The maximum Gasteiger partial charge on any atom is 0.171 e. The molecule has 20 heavy (non-hydrogen) atoms. The summed E-state index contributed by atoms with van der Waals surface area (Å²) in [6.45, 7) is 0. The summed E-state index contributed by atoms with van der Waals surface area (Å²) in [6.07, 6.45) is 3.72. The number of hydrogen-bond donors (Lipinski definition) is 0. The molecule has 0 aliphatic rings. The van der Waals surface area contributed by atoms with Gasteiger partial charge in [-0.2, -0.15) is 5.10 Å². The van der Waals surface area contributed by atoms with Crippen LogP contribution in [0.4, 0.5) is 0 Å². The van der Waals surface area contributed by atoms with Crippen molar-refractivity contribution in [3.63, 3.8) is 0 Å². The number of rotatable bonds is 4. The second-order valence-corrected chi connectivity index (χ2v) is 6.11. The summed E-state index contributed by atoms with van der Waals surface area (Å²) in [7, 11) is 0. The van der Waals surface area contributed by atoms with Gasteiger partial charge in [0.05, 0.1) is 21.8 Å². The van der Waals surface area contributed by atoms with Crippen LogP contribution in [0.5, 0.6) is 0 Å². The number of hydrogen-bond acceptors (Lipinski definition) is 3. The summed E-state index contributed by atoms with van der Waals surface area (Å²) in [5, 5.41) is 4.23. The Morgan fingerprint density at radius 3 is 2.70 bits per heavy atom. The molecule has 0 spiro atoms. The standard InChI is InChI=1S/C15H11ClN2OS/c16-15-7-6-13(20-15)8-14(19)11-9-17-18(10-11)12-4-2-1-3-5-12/h1-7,9-10H,8H2. The number of halogens is 1. The van der Waals surface area contributed by atoms with Crippen LogP contribution in [0.25, 0.3) is 5.69 Å². The molecule has 2 heterocycles. The van der Waals surface area contributed by atoms with Crippen LogP contribution in [0.2, 0.25) is 4.34 Å². The Kier molecular flexibility index (Phi) is 3.67. The summed E-state index contributed by atoms with van der Waals surface area (Å²) in [5.41, 5.74) is 1.55. The molecule has 0 unspecified atom stereocenters. The Morgan fingerprint density at radius 2 is 2.00 bits per heavy atom. The normalized spacial score (nSPS) is 10.7. The van der Waals surface area contributed by atoms with E-state index in [1.54, 1.807) is 17.1 Å². The molecule has 1 aromatic carbocycles. The van der Waals surface area contributed by atoms with Crippen molar-refractivity contribution in [3.05, 3.63) is 69.6 Å². The average Bonchev–Trinajstić information content (AvgIpc) is 3.09. The lowest BCUT2D eigenvalue weighted by atomic mass is 10.1. The van der Waals surface area contributed by atoms with Crippen LogP contribution in [-0.2, 0) is 6.42 Å². The van der Waals surface area contributed by atoms with E-state index < -0.39 is 0 Å². The SMILES string of the molecule is O=C(Cc1ccc(Cl)s1)c1cnn(-c2ccccc2)c1. The lowest BCUT2D eigenvalue weighted by molar-refractivity contribution is 0.0994. The summed E-state index contributed by atoms with van der Waals surface area (Å²) in [5.74, 6) is 0.0469. The van der Waals surface area contributed by atoms with Gasteiger partial charge in [0.15, 0.2) is 5.78 Å². The largest absolute Gasteiger partial charge is 0.294 e. The molecule has 2 aromatic heterocycles. The number of nitrogens with zero attached hydrogens (tertiary/aromatic N) is 2. The van der Waals surface area contributed by atoms with Gasteiger partial charge in [-0.15, -0.1) is 11.3 Å². The minimum atomic E-state index is 0.0469. The Labute approximate surface area is 125 Å². The molecule has 0 N–H and O–H groups in total. The molecule has 0 fully saturated rings. The summed E-state index contributed by atoms with van der Waals surface area (Å²) in [6, 6.07) is 13.4. The summed E-state index contributed by atoms with van der Waals surface area (Å²) >= 11 is 7.30. The van der Waals surface area contributed by atoms with Crippen molar-refractivity contribution in [1.29, 1.82) is 0 Å². The van der Waals surface area contributed by atoms with Crippen LogP contribution < -0.4 is 0 Å². The molecule has 5 heteroatoms. The third kappa shape index (κ3) is 2.81. The summed E-state index contributed by atoms with van der Waals surface area (Å²) in [4.78, 5) is 13.1. The molecule has 100 valence electrons. The number of ketones is 1. The molecule has 3 rings (SSSR count). The zero-order valence-electron chi connectivity index (χ0n) is 10.5. The molecule has 0 radical (unpaired) electrons. The van der Waals surface area contributed by atoms with Gasteiger partial charge >= 0.3 is 0 Å². The van der Waals surface area contributed by atoms with E-state index in [1.807, 2.05) is 42.5 Å². The topological polar surface area (TPSA) is 34.9 Å². The number of Topliss-reactive ketones (excluding diaryl/α,β-unsaturated/α-hetero) is 1. The van der Waals surface area contributed by atoms with Crippen LogP contribution in [-0.4, -0.2) is 15.6 Å². The van der Waals surface area contributed by atoms with Gasteiger partial charge < -0.3 is 0 Å². The van der Waals surface area contributed by atoms with Gasteiger partial charge in [-0.05, 0) is 24.3 Å². The third-order valence-corrected chi connectivity index (χ3v) is 4.12. The zero-order chi connectivity index (χ0) is 13.9. The first-order valence-electron chi connectivity index (χ1n) is 6.10. The number of carbonyl (C=O) groups is 1. The molecule has 0 atom stereocenters. The van der Waals surface area contributed by atoms with Crippen LogP contribution in [0.3, 0.4) is 0 Å². The van der Waals surface area contributed by atoms with Crippen LogP contribution >= 0.6 is 22.9 Å². The summed E-state index contributed by atoms with van der Waals surface area (Å²) < 4.78 is 2.40. The highest BCUT2D eigenvalue weighted by atomic mass is 35.5. The van der Waals surface area contributed by atoms with Crippen molar-refractivity contribution >= 4 is 28.7 Å². The Morgan fingerprint density at radius 1 is 1.20 bits per heavy atom. The Bertz CT molecular complexity index is 733. The van der Waals surface area contributed by atoms with Crippen LogP contribution in [0.1, 0.15) is 15.2 Å². The first kappa shape index (κ1) is 13.1. The first-order valence-corrected chi connectivity index (χ1v) is 7.29. The minimum Gasteiger partial charge on any atom is -0.294 e. The maximum absolute atomic E-state index is 12.2. The number of benzene rings is 1. The van der Waals surface area contributed by atoms with E-state index in [4.69, 9.17) is 11.6 Å². The van der Waals surface area contributed by atoms with E-state index in [2.05, 4.69) is 5.10 Å². The lowest BCUT2D eigenvalue weighted by Gasteiger charge is -1.99. The zero-order valence-corrected chi connectivity index (χ0v) is 12.1. The second kappa shape index (κ2) is 5.61. The Balaban J connectivity index is 1.78. The van der Waals surface area contributed by atoms with Crippen molar-refractivity contribution in [2.45, 2.75) is 6.42 Å². The molecule has 3 nitrogen and oxygen atoms in total.